The first-order valence-corrected chi connectivity index (χ1v) is 7.28. The molecule has 1 saturated carbocycles. The van der Waals surface area contributed by atoms with E-state index in [0.29, 0.717) is 11.8 Å². The van der Waals surface area contributed by atoms with Gasteiger partial charge in [-0.25, -0.2) is 4.98 Å². The van der Waals surface area contributed by atoms with Gasteiger partial charge in [0.1, 0.15) is 5.52 Å². The fourth-order valence-corrected chi connectivity index (χ4v) is 3.03. The molecule has 1 aliphatic carbocycles. The molecule has 5 heteroatoms. The number of nitrogens with zero attached hydrogens (tertiary/aromatic N) is 3. The van der Waals surface area contributed by atoms with Crippen molar-refractivity contribution >= 4 is 28.6 Å². The van der Waals surface area contributed by atoms with E-state index in [0.717, 1.165) is 23.9 Å². The molecule has 0 unspecified atom stereocenters. The fourth-order valence-electron chi connectivity index (χ4n) is 2.69. The maximum Gasteiger partial charge on any atom is 0.243 e. The summed E-state index contributed by atoms with van der Waals surface area (Å²) >= 11 is 6.17. The molecule has 2 aromatic rings. The van der Waals surface area contributed by atoms with Crippen molar-refractivity contribution in [2.24, 2.45) is 0 Å². The predicted molar refractivity (Wildman–Crippen MR) is 77.5 cm³/mol. The Labute approximate surface area is 117 Å². The first-order chi connectivity index (χ1) is 9.31. The molecule has 1 heterocycles. The predicted octanol–water partition coefficient (Wildman–Crippen LogP) is 3.38. The molecular formula is C14H17ClN4. The lowest BCUT2D eigenvalue weighted by atomic mass is 9.83. The smallest absolute Gasteiger partial charge is 0.243 e. The topological polar surface area (TPSA) is 50.7 Å². The van der Waals surface area contributed by atoms with E-state index in [-0.39, 0.29) is 5.54 Å². The molecule has 1 aromatic heterocycles. The van der Waals surface area contributed by atoms with Gasteiger partial charge in [0.15, 0.2) is 0 Å². The normalized spacial score (nSPS) is 18.4. The van der Waals surface area contributed by atoms with Gasteiger partial charge in [0, 0.05) is 5.88 Å². The van der Waals surface area contributed by atoms with Crippen LogP contribution in [0.5, 0.6) is 0 Å². The second-order valence-corrected chi connectivity index (χ2v) is 5.49. The number of rotatable bonds is 3. The minimum Gasteiger partial charge on any atom is -0.346 e. The Morgan fingerprint density at radius 3 is 2.53 bits per heavy atom. The molecule has 0 bridgehead atoms. The van der Waals surface area contributed by atoms with Crippen molar-refractivity contribution in [3.63, 3.8) is 0 Å². The molecule has 0 atom stereocenters. The van der Waals surface area contributed by atoms with Gasteiger partial charge in [-0.1, -0.05) is 31.4 Å². The van der Waals surface area contributed by atoms with E-state index in [1.165, 1.54) is 19.3 Å². The van der Waals surface area contributed by atoms with E-state index in [1.807, 2.05) is 24.3 Å². The molecule has 1 N–H and O–H groups in total. The molecule has 19 heavy (non-hydrogen) atoms. The molecule has 3 rings (SSSR count). The molecule has 0 radical (unpaired) electrons. The van der Waals surface area contributed by atoms with Gasteiger partial charge in [0.2, 0.25) is 5.95 Å². The standard InChI is InChI=1S/C14H17ClN4/c15-10-14(8-4-1-5-9-14)17-13-16-11-6-2-3-7-12(11)18-19-13/h2-3,6-7H,1,4-5,8-10H2,(H,16,17,19). The van der Waals surface area contributed by atoms with Gasteiger partial charge in [-0.05, 0) is 25.0 Å². The van der Waals surface area contributed by atoms with Crippen LogP contribution in [0.15, 0.2) is 24.3 Å². The highest BCUT2D eigenvalue weighted by Crippen LogP contribution is 2.31. The van der Waals surface area contributed by atoms with Crippen LogP contribution in [0.25, 0.3) is 11.0 Å². The summed E-state index contributed by atoms with van der Waals surface area (Å²) in [7, 11) is 0. The summed E-state index contributed by atoms with van der Waals surface area (Å²) in [5.41, 5.74) is 1.61. The average Bonchev–Trinajstić information content (AvgIpc) is 2.48. The maximum atomic E-state index is 6.17. The summed E-state index contributed by atoms with van der Waals surface area (Å²) in [5.74, 6) is 1.17. The second kappa shape index (κ2) is 5.29. The molecule has 0 amide bonds. The third-order valence-electron chi connectivity index (χ3n) is 3.80. The molecule has 0 saturated heterocycles. The van der Waals surface area contributed by atoms with Gasteiger partial charge in [0.25, 0.3) is 0 Å². The SMILES string of the molecule is ClCC1(Nc2nnc3ccccc3n2)CCCCC1. The Balaban J connectivity index is 1.87. The van der Waals surface area contributed by atoms with Crippen LogP contribution in [0, 0.1) is 0 Å². The Hall–Kier alpha value is -1.42. The molecule has 1 aromatic carbocycles. The van der Waals surface area contributed by atoms with E-state index >= 15 is 0 Å². The van der Waals surface area contributed by atoms with Crippen LogP contribution in [0.1, 0.15) is 32.1 Å². The van der Waals surface area contributed by atoms with Gasteiger partial charge in [0.05, 0.1) is 11.1 Å². The largest absolute Gasteiger partial charge is 0.346 e. The highest BCUT2D eigenvalue weighted by Gasteiger charge is 2.31. The molecule has 4 nitrogen and oxygen atoms in total. The Bertz CT molecular complexity index is 566. The number of hydrogen-bond acceptors (Lipinski definition) is 4. The van der Waals surface area contributed by atoms with E-state index in [9.17, 15) is 0 Å². The monoisotopic (exact) mass is 276 g/mol. The lowest BCUT2D eigenvalue weighted by Crippen LogP contribution is -2.42. The van der Waals surface area contributed by atoms with Crippen LogP contribution < -0.4 is 5.32 Å². The summed E-state index contributed by atoms with van der Waals surface area (Å²) in [4.78, 5) is 4.52. The van der Waals surface area contributed by atoms with Gasteiger partial charge in [-0.2, -0.15) is 0 Å². The Morgan fingerprint density at radius 2 is 1.79 bits per heavy atom. The highest BCUT2D eigenvalue weighted by molar-refractivity contribution is 6.18. The van der Waals surface area contributed by atoms with Crippen molar-refractivity contribution in [1.29, 1.82) is 0 Å². The van der Waals surface area contributed by atoms with Gasteiger partial charge in [-0.15, -0.1) is 21.8 Å². The fraction of sp³-hybridized carbons (Fsp3) is 0.500. The van der Waals surface area contributed by atoms with Crippen LogP contribution in [0.3, 0.4) is 0 Å². The lowest BCUT2D eigenvalue weighted by Gasteiger charge is -2.36. The van der Waals surface area contributed by atoms with E-state index < -0.39 is 0 Å². The summed E-state index contributed by atoms with van der Waals surface area (Å²) < 4.78 is 0. The number of alkyl halides is 1. The van der Waals surface area contributed by atoms with Crippen LogP contribution in [-0.2, 0) is 0 Å². The zero-order valence-electron chi connectivity index (χ0n) is 10.8. The van der Waals surface area contributed by atoms with Gasteiger partial charge in [-0.3, -0.25) is 0 Å². The van der Waals surface area contributed by atoms with Crippen molar-refractivity contribution in [3.8, 4) is 0 Å². The third kappa shape index (κ3) is 2.63. The Kier molecular flexibility index (Phi) is 3.51. The summed E-state index contributed by atoms with van der Waals surface area (Å²) in [6, 6.07) is 7.76. The van der Waals surface area contributed by atoms with Crippen LogP contribution in [0.2, 0.25) is 0 Å². The van der Waals surface area contributed by atoms with Crippen molar-refractivity contribution in [2.45, 2.75) is 37.6 Å². The molecule has 1 fully saturated rings. The quantitative estimate of drug-likeness (QED) is 0.873. The number of benzene rings is 1. The third-order valence-corrected chi connectivity index (χ3v) is 4.32. The van der Waals surface area contributed by atoms with Gasteiger partial charge < -0.3 is 5.32 Å². The van der Waals surface area contributed by atoms with Crippen LogP contribution >= 0.6 is 11.6 Å². The minimum absolute atomic E-state index is 0.0655. The minimum atomic E-state index is -0.0655. The number of para-hydroxylation sites is 1. The molecular weight excluding hydrogens is 260 g/mol. The van der Waals surface area contributed by atoms with E-state index in [2.05, 4.69) is 20.5 Å². The van der Waals surface area contributed by atoms with Crippen molar-refractivity contribution in [1.82, 2.24) is 15.2 Å². The summed E-state index contributed by atoms with van der Waals surface area (Å²) in [6.07, 6.45) is 5.86. The van der Waals surface area contributed by atoms with E-state index in [1.54, 1.807) is 0 Å². The number of nitrogens with one attached hydrogen (secondary N) is 1. The molecule has 1 aliphatic rings. The Morgan fingerprint density at radius 1 is 1.05 bits per heavy atom. The van der Waals surface area contributed by atoms with Crippen molar-refractivity contribution in [2.75, 3.05) is 11.2 Å². The zero-order chi connectivity index (χ0) is 13.1. The number of fused-ring (bicyclic) bond motifs is 1. The second-order valence-electron chi connectivity index (χ2n) is 5.22. The molecule has 100 valence electrons. The lowest BCUT2D eigenvalue weighted by molar-refractivity contribution is 0.351. The van der Waals surface area contributed by atoms with Crippen LogP contribution in [-0.4, -0.2) is 26.6 Å². The number of hydrogen-bond donors (Lipinski definition) is 1. The number of halogens is 1. The molecule has 0 spiro atoms. The average molecular weight is 277 g/mol. The summed E-state index contributed by atoms with van der Waals surface area (Å²) in [6.45, 7) is 0. The maximum absolute atomic E-state index is 6.17. The van der Waals surface area contributed by atoms with Crippen molar-refractivity contribution < 1.29 is 0 Å². The van der Waals surface area contributed by atoms with Gasteiger partial charge >= 0.3 is 0 Å². The van der Waals surface area contributed by atoms with Crippen LogP contribution in [0.4, 0.5) is 5.95 Å². The number of anilines is 1. The zero-order valence-corrected chi connectivity index (χ0v) is 11.5. The number of aromatic nitrogens is 3. The van der Waals surface area contributed by atoms with E-state index in [4.69, 9.17) is 11.6 Å². The van der Waals surface area contributed by atoms with Crippen molar-refractivity contribution in [3.05, 3.63) is 24.3 Å². The highest BCUT2D eigenvalue weighted by atomic mass is 35.5. The summed E-state index contributed by atoms with van der Waals surface area (Å²) in [5, 5.41) is 11.8. The first kappa shape index (κ1) is 12.6. The first-order valence-electron chi connectivity index (χ1n) is 6.75. The molecule has 0 aliphatic heterocycles.